The number of aromatic carboxylic acids is 1. The maximum atomic E-state index is 11.5. The van der Waals surface area contributed by atoms with Gasteiger partial charge in [0.15, 0.2) is 0 Å². The fraction of sp³-hybridized carbons (Fsp3) is 0. The summed E-state index contributed by atoms with van der Waals surface area (Å²) in [7, 11) is 0. The molecule has 0 aliphatic carbocycles. The molecule has 0 aliphatic heterocycles. The molecule has 0 radical (unpaired) electrons. The normalized spacial score (nSPS) is 11.1. The number of carbonyl (C=O) groups is 1. The Morgan fingerprint density at radius 3 is 2.45 bits per heavy atom. The first-order chi connectivity index (χ1) is 10.7. The van der Waals surface area contributed by atoms with Crippen LogP contribution in [0.5, 0.6) is 0 Å². The van der Waals surface area contributed by atoms with E-state index in [1.54, 1.807) is 12.1 Å². The van der Waals surface area contributed by atoms with Crippen LogP contribution in [0.2, 0.25) is 0 Å². The maximum absolute atomic E-state index is 11.5. The maximum Gasteiger partial charge on any atom is 0.336 e. The minimum absolute atomic E-state index is 0.250. The van der Waals surface area contributed by atoms with Crippen LogP contribution < -0.4 is 0 Å². The predicted octanol–water partition coefficient (Wildman–Crippen LogP) is 4.21. The second-order valence-corrected chi connectivity index (χ2v) is 5.89. The Bertz CT molecular complexity index is 990. The molecule has 4 aromatic rings. The van der Waals surface area contributed by atoms with Crippen molar-refractivity contribution in [3.05, 3.63) is 60.2 Å². The average Bonchev–Trinajstić information content (AvgIpc) is 2.97. The van der Waals surface area contributed by atoms with E-state index in [-0.39, 0.29) is 5.56 Å². The first kappa shape index (κ1) is 12.9. The minimum Gasteiger partial charge on any atom is -0.478 e. The number of nitrogens with zero attached hydrogens (tertiary/aromatic N) is 2. The van der Waals surface area contributed by atoms with Crippen LogP contribution in [0.1, 0.15) is 10.4 Å². The van der Waals surface area contributed by atoms with E-state index in [2.05, 4.69) is 9.97 Å². The van der Waals surface area contributed by atoms with Crippen molar-refractivity contribution in [1.29, 1.82) is 0 Å². The summed E-state index contributed by atoms with van der Waals surface area (Å²) in [5, 5.41) is 10.8. The molecular formula is C17H10N2O2S. The van der Waals surface area contributed by atoms with Crippen molar-refractivity contribution in [2.75, 3.05) is 0 Å². The Morgan fingerprint density at radius 1 is 0.955 bits per heavy atom. The van der Waals surface area contributed by atoms with Crippen LogP contribution in [-0.4, -0.2) is 21.0 Å². The molecule has 106 valence electrons. The lowest BCUT2D eigenvalue weighted by Gasteiger charge is -2.04. The molecular weight excluding hydrogens is 296 g/mol. The lowest BCUT2D eigenvalue weighted by Crippen LogP contribution is -2.00. The van der Waals surface area contributed by atoms with E-state index in [4.69, 9.17) is 0 Å². The molecule has 0 aliphatic rings. The van der Waals surface area contributed by atoms with E-state index in [0.29, 0.717) is 16.6 Å². The molecule has 4 rings (SSSR count). The van der Waals surface area contributed by atoms with Crippen LogP contribution in [0.4, 0.5) is 0 Å². The van der Waals surface area contributed by atoms with Gasteiger partial charge in [-0.05, 0) is 24.3 Å². The molecule has 0 amide bonds. The van der Waals surface area contributed by atoms with Gasteiger partial charge in [-0.15, -0.1) is 11.3 Å². The quantitative estimate of drug-likeness (QED) is 0.602. The Labute approximate surface area is 129 Å². The largest absolute Gasteiger partial charge is 0.478 e. The molecule has 0 spiro atoms. The Balaban J connectivity index is 2.00. The highest BCUT2D eigenvalue weighted by atomic mass is 32.1. The highest BCUT2D eigenvalue weighted by molar-refractivity contribution is 7.21. The number of hydrogen-bond acceptors (Lipinski definition) is 4. The fourth-order valence-electron chi connectivity index (χ4n) is 2.44. The number of benzene rings is 2. The lowest BCUT2D eigenvalue weighted by molar-refractivity contribution is 0.0699. The van der Waals surface area contributed by atoms with Crippen molar-refractivity contribution < 1.29 is 9.90 Å². The molecule has 2 heterocycles. The molecule has 0 saturated carbocycles. The first-order valence-corrected chi connectivity index (χ1v) is 7.53. The van der Waals surface area contributed by atoms with Gasteiger partial charge in [-0.25, -0.2) is 14.8 Å². The number of rotatable bonds is 2. The fourth-order valence-corrected chi connectivity index (χ4v) is 3.37. The summed E-state index contributed by atoms with van der Waals surface area (Å²) in [6.45, 7) is 0. The highest BCUT2D eigenvalue weighted by Crippen LogP contribution is 2.31. The third kappa shape index (κ3) is 2.03. The third-order valence-corrected chi connectivity index (χ3v) is 4.52. The molecule has 4 nitrogen and oxygen atoms in total. The first-order valence-electron chi connectivity index (χ1n) is 6.71. The van der Waals surface area contributed by atoms with Crippen molar-refractivity contribution in [2.24, 2.45) is 0 Å². The van der Waals surface area contributed by atoms with E-state index in [0.717, 1.165) is 15.2 Å². The van der Waals surface area contributed by atoms with Crippen molar-refractivity contribution in [3.8, 4) is 10.7 Å². The summed E-state index contributed by atoms with van der Waals surface area (Å²) in [6.07, 6.45) is 0. The number of para-hydroxylation sites is 2. The summed E-state index contributed by atoms with van der Waals surface area (Å²) >= 11 is 1.51. The summed E-state index contributed by atoms with van der Waals surface area (Å²) in [5.74, 6) is -0.957. The highest BCUT2D eigenvalue weighted by Gasteiger charge is 2.14. The second kappa shape index (κ2) is 4.89. The van der Waals surface area contributed by atoms with Crippen molar-refractivity contribution in [2.45, 2.75) is 0 Å². The number of pyridine rings is 1. The van der Waals surface area contributed by atoms with Gasteiger partial charge in [0.25, 0.3) is 0 Å². The Hall–Kier alpha value is -2.79. The SMILES string of the molecule is O=C(O)c1cc(-c2nc3ccccc3s2)nc2ccccc12. The predicted molar refractivity (Wildman–Crippen MR) is 87.3 cm³/mol. The third-order valence-electron chi connectivity index (χ3n) is 3.46. The van der Waals surface area contributed by atoms with Gasteiger partial charge >= 0.3 is 5.97 Å². The smallest absolute Gasteiger partial charge is 0.336 e. The molecule has 0 atom stereocenters. The Morgan fingerprint density at radius 2 is 1.68 bits per heavy atom. The van der Waals surface area contributed by atoms with Gasteiger partial charge in [-0.2, -0.15) is 0 Å². The van der Waals surface area contributed by atoms with Crippen LogP contribution in [0.3, 0.4) is 0 Å². The van der Waals surface area contributed by atoms with Crippen LogP contribution in [0, 0.1) is 0 Å². The van der Waals surface area contributed by atoms with Crippen LogP contribution in [0.15, 0.2) is 54.6 Å². The molecule has 5 heteroatoms. The van der Waals surface area contributed by atoms with Gasteiger partial charge in [0.05, 0.1) is 21.3 Å². The summed E-state index contributed by atoms with van der Waals surface area (Å²) in [4.78, 5) is 20.6. The van der Waals surface area contributed by atoms with Gasteiger partial charge in [-0.3, -0.25) is 0 Å². The standard InChI is InChI=1S/C17H10N2O2S/c20-17(21)11-9-14(18-12-6-2-1-5-10(11)12)16-19-13-7-3-4-8-15(13)22-16/h1-9H,(H,20,21). The zero-order valence-electron chi connectivity index (χ0n) is 11.4. The van der Waals surface area contributed by atoms with Crippen LogP contribution >= 0.6 is 11.3 Å². The summed E-state index contributed by atoms with van der Waals surface area (Å²) in [5.41, 5.74) is 2.41. The van der Waals surface area contributed by atoms with Crippen molar-refractivity contribution in [1.82, 2.24) is 9.97 Å². The van der Waals surface area contributed by atoms with E-state index in [9.17, 15) is 9.90 Å². The average molecular weight is 306 g/mol. The zero-order chi connectivity index (χ0) is 15.1. The molecule has 0 bridgehead atoms. The van der Waals surface area contributed by atoms with Crippen molar-refractivity contribution >= 4 is 38.4 Å². The Kier molecular flexibility index (Phi) is 2.87. The summed E-state index contributed by atoms with van der Waals surface area (Å²) in [6, 6.07) is 16.7. The van der Waals surface area contributed by atoms with E-state index in [1.807, 2.05) is 42.5 Å². The van der Waals surface area contributed by atoms with Gasteiger partial charge < -0.3 is 5.11 Å². The molecule has 0 unspecified atom stereocenters. The van der Waals surface area contributed by atoms with Crippen LogP contribution in [0.25, 0.3) is 31.8 Å². The summed E-state index contributed by atoms with van der Waals surface area (Å²) < 4.78 is 1.06. The topological polar surface area (TPSA) is 63.1 Å². The molecule has 2 aromatic heterocycles. The van der Waals surface area contributed by atoms with Gasteiger partial charge in [0, 0.05) is 5.39 Å². The number of fused-ring (bicyclic) bond motifs is 2. The monoisotopic (exact) mass is 306 g/mol. The van der Waals surface area contributed by atoms with E-state index in [1.165, 1.54) is 11.3 Å². The molecule has 22 heavy (non-hydrogen) atoms. The molecule has 1 N–H and O–H groups in total. The second-order valence-electron chi connectivity index (χ2n) is 4.86. The zero-order valence-corrected chi connectivity index (χ0v) is 12.2. The number of aromatic nitrogens is 2. The number of carboxylic acids is 1. The van der Waals surface area contributed by atoms with Gasteiger partial charge in [0.1, 0.15) is 10.7 Å². The number of hydrogen-bond donors (Lipinski definition) is 1. The molecule has 0 fully saturated rings. The number of thiazole rings is 1. The molecule has 0 saturated heterocycles. The number of carboxylic acid groups (broad SMARTS) is 1. The van der Waals surface area contributed by atoms with E-state index >= 15 is 0 Å². The minimum atomic E-state index is -0.957. The van der Waals surface area contributed by atoms with Crippen molar-refractivity contribution in [3.63, 3.8) is 0 Å². The van der Waals surface area contributed by atoms with E-state index < -0.39 is 5.97 Å². The van der Waals surface area contributed by atoms with Crippen LogP contribution in [-0.2, 0) is 0 Å². The van der Waals surface area contributed by atoms with Gasteiger partial charge in [-0.1, -0.05) is 30.3 Å². The molecule has 2 aromatic carbocycles. The lowest BCUT2D eigenvalue weighted by atomic mass is 10.1. The van der Waals surface area contributed by atoms with Gasteiger partial charge in [0.2, 0.25) is 0 Å².